The summed E-state index contributed by atoms with van der Waals surface area (Å²) in [5.74, 6) is 0. The van der Waals surface area contributed by atoms with E-state index in [4.69, 9.17) is 0 Å². The first-order valence-corrected chi connectivity index (χ1v) is 4.37. The molecule has 1 nitrogen and oxygen atoms in total. The molecule has 1 aliphatic rings. The van der Waals surface area contributed by atoms with Gasteiger partial charge in [-0.05, 0) is 18.0 Å². The van der Waals surface area contributed by atoms with Gasteiger partial charge in [-0.2, -0.15) is 13.2 Å². The number of hydrogen-bond acceptors (Lipinski definition) is 0. The monoisotopic (exact) mass is 200 g/mol. The van der Waals surface area contributed by atoms with Gasteiger partial charge in [0.2, 0.25) is 0 Å². The molecular formula is C10H9F3N-. The van der Waals surface area contributed by atoms with Gasteiger partial charge in [-0.25, -0.2) is 0 Å². The normalized spacial score (nSPS) is 21.8. The number of nitrogens with zero attached hydrogens (tertiary/aromatic N) is 1. The third kappa shape index (κ3) is 1.75. The van der Waals surface area contributed by atoms with Crippen LogP contribution in [0.4, 0.5) is 13.2 Å². The Morgan fingerprint density at radius 2 is 1.79 bits per heavy atom. The third-order valence-corrected chi connectivity index (χ3v) is 2.39. The molecule has 0 aromatic heterocycles. The lowest BCUT2D eigenvalue weighted by molar-refractivity contribution is -0.141. The van der Waals surface area contributed by atoms with Crippen LogP contribution in [0.25, 0.3) is 5.32 Å². The molecule has 0 saturated heterocycles. The predicted octanol–water partition coefficient (Wildman–Crippen LogP) is 3.05. The van der Waals surface area contributed by atoms with Crippen LogP contribution in [0, 0.1) is 0 Å². The number of fused-ring (bicyclic) bond motifs is 1. The van der Waals surface area contributed by atoms with Crippen LogP contribution in [0.5, 0.6) is 0 Å². The summed E-state index contributed by atoms with van der Waals surface area (Å²) in [5, 5.41) is 3.62. The second-order valence-electron chi connectivity index (χ2n) is 3.37. The minimum atomic E-state index is -4.20. The van der Waals surface area contributed by atoms with E-state index in [0.29, 0.717) is 0 Å². The summed E-state index contributed by atoms with van der Waals surface area (Å²) < 4.78 is 37.0. The molecular weight excluding hydrogens is 191 g/mol. The van der Waals surface area contributed by atoms with Gasteiger partial charge >= 0.3 is 6.18 Å². The quantitative estimate of drug-likeness (QED) is 0.611. The summed E-state index contributed by atoms with van der Waals surface area (Å²) in [7, 11) is 0. The van der Waals surface area contributed by atoms with Crippen LogP contribution < -0.4 is 0 Å². The molecule has 0 radical (unpaired) electrons. The lowest BCUT2D eigenvalue weighted by Crippen LogP contribution is -2.33. The SMILES string of the molecule is FC(F)(F)[C@@H]1Cc2ccccc2C[N-]1. The van der Waals surface area contributed by atoms with E-state index < -0.39 is 12.2 Å². The Bertz CT molecular complexity index is 332. The molecule has 1 aromatic carbocycles. The summed E-state index contributed by atoms with van der Waals surface area (Å²) in [6.45, 7) is 0.181. The summed E-state index contributed by atoms with van der Waals surface area (Å²) in [6.07, 6.45) is -4.22. The van der Waals surface area contributed by atoms with Crippen molar-refractivity contribution in [1.29, 1.82) is 0 Å². The van der Waals surface area contributed by atoms with Crippen LogP contribution in [-0.2, 0) is 13.0 Å². The molecule has 1 aliphatic heterocycles. The average molecular weight is 200 g/mol. The lowest BCUT2D eigenvalue weighted by atomic mass is 9.96. The Hall–Kier alpha value is -1.03. The molecule has 0 N–H and O–H groups in total. The van der Waals surface area contributed by atoms with Crippen LogP contribution in [-0.4, -0.2) is 12.2 Å². The molecule has 0 fully saturated rings. The number of halogens is 3. The van der Waals surface area contributed by atoms with Gasteiger partial charge in [-0.3, -0.25) is 0 Å². The molecule has 1 aromatic rings. The Balaban J connectivity index is 2.22. The van der Waals surface area contributed by atoms with Crippen molar-refractivity contribution in [3.8, 4) is 0 Å². The molecule has 14 heavy (non-hydrogen) atoms. The number of benzene rings is 1. The minimum Gasteiger partial charge on any atom is -0.648 e. The summed E-state index contributed by atoms with van der Waals surface area (Å²) in [5.41, 5.74) is 1.68. The van der Waals surface area contributed by atoms with E-state index in [2.05, 4.69) is 5.32 Å². The molecule has 0 unspecified atom stereocenters. The van der Waals surface area contributed by atoms with Crippen LogP contribution in [0.1, 0.15) is 11.1 Å². The minimum absolute atomic E-state index is 0.0142. The van der Waals surface area contributed by atoms with Crippen LogP contribution in [0.15, 0.2) is 24.3 Å². The topological polar surface area (TPSA) is 14.1 Å². The molecule has 76 valence electrons. The van der Waals surface area contributed by atoms with Crippen molar-refractivity contribution in [2.75, 3.05) is 0 Å². The Kier molecular flexibility index (Phi) is 2.23. The van der Waals surface area contributed by atoms with Crippen molar-refractivity contribution >= 4 is 0 Å². The standard InChI is InChI=1S/C10H9F3N/c11-10(12,13)9-5-7-3-1-2-4-8(7)6-14-9/h1-4,9H,5-6H2/q-1/t9-/m0/s1. The van der Waals surface area contributed by atoms with Crippen molar-refractivity contribution in [2.24, 2.45) is 0 Å². The molecule has 2 rings (SSSR count). The maximum atomic E-state index is 12.3. The second-order valence-corrected chi connectivity index (χ2v) is 3.37. The molecule has 0 amide bonds. The van der Waals surface area contributed by atoms with Gasteiger partial charge in [-0.15, -0.1) is 6.54 Å². The predicted molar refractivity (Wildman–Crippen MR) is 47.1 cm³/mol. The van der Waals surface area contributed by atoms with Crippen molar-refractivity contribution in [1.82, 2.24) is 0 Å². The maximum absolute atomic E-state index is 12.3. The van der Waals surface area contributed by atoms with Gasteiger partial charge in [-0.1, -0.05) is 29.8 Å². The second kappa shape index (κ2) is 3.28. The van der Waals surface area contributed by atoms with Crippen LogP contribution >= 0.6 is 0 Å². The fourth-order valence-corrected chi connectivity index (χ4v) is 1.61. The van der Waals surface area contributed by atoms with Gasteiger partial charge in [0.1, 0.15) is 0 Å². The lowest BCUT2D eigenvalue weighted by Gasteiger charge is -2.39. The van der Waals surface area contributed by atoms with E-state index in [1.807, 2.05) is 12.1 Å². The van der Waals surface area contributed by atoms with Crippen molar-refractivity contribution in [2.45, 2.75) is 25.2 Å². The molecule has 0 aliphatic carbocycles. The van der Waals surface area contributed by atoms with Crippen LogP contribution in [0.3, 0.4) is 0 Å². The number of alkyl halides is 3. The maximum Gasteiger partial charge on any atom is 0.374 e. The zero-order valence-electron chi connectivity index (χ0n) is 7.38. The van der Waals surface area contributed by atoms with Gasteiger partial charge in [0.05, 0.1) is 0 Å². The Morgan fingerprint density at radius 1 is 1.14 bits per heavy atom. The highest BCUT2D eigenvalue weighted by Crippen LogP contribution is 2.34. The smallest absolute Gasteiger partial charge is 0.374 e. The molecule has 0 saturated carbocycles. The van der Waals surface area contributed by atoms with Crippen molar-refractivity contribution in [3.63, 3.8) is 0 Å². The van der Waals surface area contributed by atoms with Gasteiger partial charge in [0.25, 0.3) is 0 Å². The molecule has 1 atom stereocenters. The Morgan fingerprint density at radius 3 is 2.43 bits per heavy atom. The van der Waals surface area contributed by atoms with Gasteiger partial charge in [0, 0.05) is 0 Å². The third-order valence-electron chi connectivity index (χ3n) is 2.39. The van der Waals surface area contributed by atoms with Crippen molar-refractivity contribution in [3.05, 3.63) is 40.7 Å². The highest BCUT2D eigenvalue weighted by atomic mass is 19.4. The van der Waals surface area contributed by atoms with Crippen molar-refractivity contribution < 1.29 is 13.2 Å². The van der Waals surface area contributed by atoms with E-state index in [1.54, 1.807) is 12.1 Å². The fraction of sp³-hybridized carbons (Fsp3) is 0.400. The van der Waals surface area contributed by atoms with E-state index in [-0.39, 0.29) is 13.0 Å². The zero-order valence-corrected chi connectivity index (χ0v) is 7.38. The first-order valence-electron chi connectivity index (χ1n) is 4.37. The van der Waals surface area contributed by atoms with E-state index in [1.165, 1.54) is 0 Å². The van der Waals surface area contributed by atoms with E-state index in [9.17, 15) is 13.2 Å². The first kappa shape index (κ1) is 9.52. The molecule has 0 spiro atoms. The number of hydrogen-bond donors (Lipinski definition) is 0. The molecule has 4 heteroatoms. The number of rotatable bonds is 0. The Labute approximate surface area is 79.9 Å². The molecule has 1 heterocycles. The summed E-state index contributed by atoms with van der Waals surface area (Å²) in [4.78, 5) is 0. The highest BCUT2D eigenvalue weighted by molar-refractivity contribution is 5.34. The largest absolute Gasteiger partial charge is 0.648 e. The zero-order chi connectivity index (χ0) is 10.2. The summed E-state index contributed by atoms with van der Waals surface area (Å²) in [6, 6.07) is 5.63. The van der Waals surface area contributed by atoms with Crippen LogP contribution in [0.2, 0.25) is 0 Å². The van der Waals surface area contributed by atoms with Gasteiger partial charge in [0.15, 0.2) is 0 Å². The highest BCUT2D eigenvalue weighted by Gasteiger charge is 2.34. The van der Waals surface area contributed by atoms with E-state index >= 15 is 0 Å². The average Bonchev–Trinajstić information content (AvgIpc) is 2.16. The summed E-state index contributed by atoms with van der Waals surface area (Å²) >= 11 is 0. The fourth-order valence-electron chi connectivity index (χ4n) is 1.61. The molecule has 0 bridgehead atoms. The van der Waals surface area contributed by atoms with E-state index in [0.717, 1.165) is 11.1 Å². The van der Waals surface area contributed by atoms with Gasteiger partial charge < -0.3 is 5.32 Å². The first-order chi connectivity index (χ1) is 6.57.